The molecule has 0 unspecified atom stereocenters. The molecule has 2 rings (SSSR count). The van der Waals surface area contributed by atoms with Crippen LogP contribution in [0.1, 0.15) is 32.2 Å². The fraction of sp³-hybridized carbons (Fsp3) is 0.385. The Hall–Kier alpha value is -1.35. The number of aromatic nitrogens is 2. The predicted octanol–water partition coefficient (Wildman–Crippen LogP) is 3.77. The van der Waals surface area contributed by atoms with Crippen LogP contribution in [0.25, 0.3) is 11.4 Å². The molecule has 0 N–H and O–H groups in total. The van der Waals surface area contributed by atoms with E-state index in [1.54, 1.807) is 0 Å². The zero-order valence-electron chi connectivity index (χ0n) is 10.2. The summed E-state index contributed by atoms with van der Waals surface area (Å²) in [6.07, 6.45) is 0. The molecule has 17 heavy (non-hydrogen) atoms. The first-order valence-electron chi connectivity index (χ1n) is 5.50. The van der Waals surface area contributed by atoms with E-state index in [0.29, 0.717) is 11.7 Å². The molecule has 0 radical (unpaired) electrons. The van der Waals surface area contributed by atoms with Gasteiger partial charge in [0, 0.05) is 5.56 Å². The molecule has 0 bridgehead atoms. The summed E-state index contributed by atoms with van der Waals surface area (Å²) in [5.41, 5.74) is 2.37. The molecule has 0 fully saturated rings. The van der Waals surface area contributed by atoms with Gasteiger partial charge in [0.05, 0.1) is 0 Å². The molecule has 0 amide bonds. The van der Waals surface area contributed by atoms with Gasteiger partial charge in [-0.1, -0.05) is 50.2 Å². The highest BCUT2D eigenvalue weighted by Crippen LogP contribution is 2.24. The summed E-state index contributed by atoms with van der Waals surface area (Å²) in [7, 11) is 0. The van der Waals surface area contributed by atoms with E-state index in [1.807, 2.05) is 12.1 Å². The zero-order chi connectivity index (χ0) is 12.5. The lowest BCUT2D eigenvalue weighted by atomic mass is 9.87. The van der Waals surface area contributed by atoms with Crippen LogP contribution in [-0.2, 0) is 11.3 Å². The van der Waals surface area contributed by atoms with E-state index in [1.165, 1.54) is 5.56 Å². The molecule has 0 aliphatic carbocycles. The maximum atomic E-state index is 5.62. The molecule has 0 aliphatic rings. The maximum absolute atomic E-state index is 5.62. The van der Waals surface area contributed by atoms with Crippen molar-refractivity contribution in [2.45, 2.75) is 32.1 Å². The molecule has 0 saturated carbocycles. The molecule has 2 aromatic rings. The molecule has 0 aliphatic heterocycles. The summed E-state index contributed by atoms with van der Waals surface area (Å²) >= 11 is 5.62. The Morgan fingerprint density at radius 1 is 1.18 bits per heavy atom. The molecular weight excluding hydrogens is 236 g/mol. The SMILES string of the molecule is CC(C)(C)c1ccc(-c2noc(CCl)n2)cc1. The van der Waals surface area contributed by atoms with Crippen molar-refractivity contribution in [2.24, 2.45) is 0 Å². The highest BCUT2D eigenvalue weighted by molar-refractivity contribution is 6.16. The Balaban J connectivity index is 2.29. The second-order valence-corrected chi connectivity index (χ2v) is 5.24. The summed E-state index contributed by atoms with van der Waals surface area (Å²) in [6.45, 7) is 6.55. The van der Waals surface area contributed by atoms with E-state index in [2.05, 4.69) is 43.0 Å². The van der Waals surface area contributed by atoms with E-state index in [4.69, 9.17) is 16.1 Å². The van der Waals surface area contributed by atoms with Gasteiger partial charge in [-0.2, -0.15) is 4.98 Å². The standard InChI is InChI=1S/C13H15ClN2O/c1-13(2,3)10-6-4-9(5-7-10)12-15-11(8-14)17-16-12/h4-7H,8H2,1-3H3. The number of benzene rings is 1. The van der Waals surface area contributed by atoms with Crippen LogP contribution in [0.2, 0.25) is 0 Å². The molecule has 1 aromatic heterocycles. The summed E-state index contributed by atoms with van der Waals surface area (Å²) in [4.78, 5) is 4.18. The first kappa shape index (κ1) is 12.1. The first-order chi connectivity index (χ1) is 8.00. The van der Waals surface area contributed by atoms with Gasteiger partial charge in [0.1, 0.15) is 5.88 Å². The van der Waals surface area contributed by atoms with Crippen LogP contribution in [0.4, 0.5) is 0 Å². The summed E-state index contributed by atoms with van der Waals surface area (Å²) < 4.78 is 4.97. The third-order valence-electron chi connectivity index (χ3n) is 2.59. The van der Waals surface area contributed by atoms with Crippen molar-refractivity contribution in [3.63, 3.8) is 0 Å². The normalized spacial score (nSPS) is 11.8. The van der Waals surface area contributed by atoms with Crippen LogP contribution in [0.3, 0.4) is 0 Å². The van der Waals surface area contributed by atoms with Crippen LogP contribution in [-0.4, -0.2) is 10.1 Å². The second-order valence-electron chi connectivity index (χ2n) is 4.97. The fourth-order valence-electron chi connectivity index (χ4n) is 1.55. The monoisotopic (exact) mass is 250 g/mol. The number of rotatable bonds is 2. The van der Waals surface area contributed by atoms with Gasteiger partial charge in [0.15, 0.2) is 0 Å². The lowest BCUT2D eigenvalue weighted by Gasteiger charge is -2.18. The van der Waals surface area contributed by atoms with Crippen LogP contribution in [0.15, 0.2) is 28.8 Å². The minimum Gasteiger partial charge on any atom is -0.338 e. The molecule has 90 valence electrons. The average Bonchev–Trinajstić information content (AvgIpc) is 2.76. The number of nitrogens with zero attached hydrogens (tertiary/aromatic N) is 2. The van der Waals surface area contributed by atoms with Crippen molar-refractivity contribution in [3.8, 4) is 11.4 Å². The summed E-state index contributed by atoms with van der Waals surface area (Å²) in [5, 5.41) is 3.88. The zero-order valence-corrected chi connectivity index (χ0v) is 11.0. The molecule has 3 nitrogen and oxygen atoms in total. The van der Waals surface area contributed by atoms with Gasteiger partial charge < -0.3 is 4.52 Å². The quantitative estimate of drug-likeness (QED) is 0.762. The molecule has 1 aromatic carbocycles. The molecule has 4 heteroatoms. The van der Waals surface area contributed by atoms with Gasteiger partial charge in [0.2, 0.25) is 11.7 Å². The van der Waals surface area contributed by atoms with E-state index in [0.717, 1.165) is 5.56 Å². The van der Waals surface area contributed by atoms with E-state index in [9.17, 15) is 0 Å². The van der Waals surface area contributed by atoms with Crippen molar-refractivity contribution in [1.29, 1.82) is 0 Å². The fourth-order valence-corrected chi connectivity index (χ4v) is 1.65. The molecule has 0 spiro atoms. The third-order valence-corrected chi connectivity index (χ3v) is 2.82. The minimum absolute atomic E-state index is 0.150. The summed E-state index contributed by atoms with van der Waals surface area (Å²) in [6, 6.07) is 8.19. The van der Waals surface area contributed by atoms with Gasteiger partial charge in [0.25, 0.3) is 0 Å². The van der Waals surface area contributed by atoms with E-state index < -0.39 is 0 Å². The summed E-state index contributed by atoms with van der Waals surface area (Å²) in [5.74, 6) is 1.27. The van der Waals surface area contributed by atoms with Gasteiger partial charge in [-0.15, -0.1) is 11.6 Å². The van der Waals surface area contributed by atoms with Crippen molar-refractivity contribution in [1.82, 2.24) is 10.1 Å². The lowest BCUT2D eigenvalue weighted by Crippen LogP contribution is -2.10. The molecule has 0 saturated heterocycles. The van der Waals surface area contributed by atoms with Crippen LogP contribution < -0.4 is 0 Å². The number of hydrogen-bond acceptors (Lipinski definition) is 3. The highest BCUT2D eigenvalue weighted by atomic mass is 35.5. The maximum Gasteiger partial charge on any atom is 0.241 e. The Morgan fingerprint density at radius 3 is 2.29 bits per heavy atom. The van der Waals surface area contributed by atoms with Gasteiger partial charge in [-0.25, -0.2) is 0 Å². The van der Waals surface area contributed by atoms with Crippen molar-refractivity contribution in [2.75, 3.05) is 0 Å². The molecule has 0 atom stereocenters. The Kier molecular flexibility index (Phi) is 3.20. The Labute approximate surface area is 106 Å². The van der Waals surface area contributed by atoms with Crippen LogP contribution >= 0.6 is 11.6 Å². The predicted molar refractivity (Wildman–Crippen MR) is 68.0 cm³/mol. The number of halogens is 1. The average molecular weight is 251 g/mol. The van der Waals surface area contributed by atoms with Gasteiger partial charge in [-0.3, -0.25) is 0 Å². The molecular formula is C13H15ClN2O. The number of hydrogen-bond donors (Lipinski definition) is 0. The Morgan fingerprint density at radius 2 is 1.82 bits per heavy atom. The van der Waals surface area contributed by atoms with Crippen molar-refractivity contribution >= 4 is 11.6 Å². The van der Waals surface area contributed by atoms with Gasteiger partial charge >= 0.3 is 0 Å². The van der Waals surface area contributed by atoms with Crippen molar-refractivity contribution < 1.29 is 4.52 Å². The van der Waals surface area contributed by atoms with Crippen LogP contribution in [0.5, 0.6) is 0 Å². The smallest absolute Gasteiger partial charge is 0.241 e. The number of alkyl halides is 1. The highest BCUT2D eigenvalue weighted by Gasteiger charge is 2.14. The van der Waals surface area contributed by atoms with E-state index >= 15 is 0 Å². The first-order valence-corrected chi connectivity index (χ1v) is 6.03. The van der Waals surface area contributed by atoms with Gasteiger partial charge in [-0.05, 0) is 11.0 Å². The topological polar surface area (TPSA) is 38.9 Å². The Bertz CT molecular complexity index is 497. The molecule has 1 heterocycles. The second kappa shape index (κ2) is 4.49. The van der Waals surface area contributed by atoms with Crippen molar-refractivity contribution in [3.05, 3.63) is 35.7 Å². The minimum atomic E-state index is 0.150. The lowest BCUT2D eigenvalue weighted by molar-refractivity contribution is 0.391. The van der Waals surface area contributed by atoms with E-state index in [-0.39, 0.29) is 11.3 Å². The third kappa shape index (κ3) is 2.67. The van der Waals surface area contributed by atoms with Crippen LogP contribution in [0, 0.1) is 0 Å². The largest absolute Gasteiger partial charge is 0.338 e.